The molecule has 0 bridgehead atoms. The Labute approximate surface area is 166 Å². The van der Waals surface area contributed by atoms with Gasteiger partial charge in [0.1, 0.15) is 11.8 Å². The van der Waals surface area contributed by atoms with Crippen molar-refractivity contribution < 1.29 is 9.53 Å². The number of hydrogen-bond donors (Lipinski definition) is 3. The number of ether oxygens (including phenoxy) is 1. The van der Waals surface area contributed by atoms with Crippen LogP contribution >= 0.6 is 0 Å². The number of nitrogens with zero attached hydrogens (tertiary/aromatic N) is 1. The molecule has 28 heavy (non-hydrogen) atoms. The van der Waals surface area contributed by atoms with Crippen LogP contribution < -0.4 is 21.0 Å². The van der Waals surface area contributed by atoms with Crippen LogP contribution in [0.4, 0.5) is 0 Å². The number of hydrogen-bond acceptors (Lipinski definition) is 5. The highest BCUT2D eigenvalue weighted by atomic mass is 16.5. The number of hydrazone groups is 1. The van der Waals surface area contributed by atoms with Gasteiger partial charge in [0.15, 0.2) is 0 Å². The highest BCUT2D eigenvalue weighted by molar-refractivity contribution is 5.86. The van der Waals surface area contributed by atoms with Gasteiger partial charge in [-0.25, -0.2) is 16.3 Å². The van der Waals surface area contributed by atoms with Crippen molar-refractivity contribution in [3.05, 3.63) is 65.7 Å². The minimum absolute atomic E-state index is 0.109. The van der Waals surface area contributed by atoms with Crippen LogP contribution in [0.2, 0.25) is 0 Å². The van der Waals surface area contributed by atoms with Crippen LogP contribution in [-0.4, -0.2) is 24.8 Å². The first-order valence-corrected chi connectivity index (χ1v) is 9.88. The number of unbranched alkanes of at least 4 members (excludes halogenated alkanes) is 2. The largest absolute Gasteiger partial charge is 0.493 e. The molecule has 1 amide bonds. The normalized spacial score (nSPS) is 19.0. The third-order valence-electron chi connectivity index (χ3n) is 4.72. The van der Waals surface area contributed by atoms with Crippen molar-refractivity contribution in [3.8, 4) is 5.75 Å². The Hall–Kier alpha value is -2.70. The van der Waals surface area contributed by atoms with Crippen LogP contribution in [0.5, 0.6) is 5.75 Å². The van der Waals surface area contributed by atoms with E-state index in [1.54, 1.807) is 6.21 Å². The van der Waals surface area contributed by atoms with Crippen molar-refractivity contribution in [2.45, 2.75) is 44.7 Å². The second kappa shape index (κ2) is 10.6. The summed E-state index contributed by atoms with van der Waals surface area (Å²) in [6, 6.07) is 17.6. The summed E-state index contributed by atoms with van der Waals surface area (Å²) in [6.45, 7) is 2.85. The summed E-state index contributed by atoms with van der Waals surface area (Å²) >= 11 is 0. The average molecular weight is 380 g/mol. The summed E-state index contributed by atoms with van der Waals surface area (Å²) in [5, 5.41) is 4.12. The number of carbonyl (C=O) groups is 1. The average Bonchev–Trinajstić information content (AvgIpc) is 3.23. The second-order valence-corrected chi connectivity index (χ2v) is 6.87. The standard InChI is InChI=1S/C22H28N4O2/c1-2-3-9-14-28-21-13-8-7-12-18(21)16-23-26-22(27)20-15-19(24-25-20)17-10-5-4-6-11-17/h4-8,10-13,16,19-20,24-25H,2-3,9,14-15H2,1H3,(H,26,27)/b23-16+. The molecule has 2 aromatic rings. The summed E-state index contributed by atoms with van der Waals surface area (Å²) in [5.41, 5.74) is 10.8. The minimum atomic E-state index is -0.331. The molecule has 1 aliphatic rings. The van der Waals surface area contributed by atoms with E-state index in [4.69, 9.17) is 4.74 Å². The first-order chi connectivity index (χ1) is 13.8. The molecule has 2 atom stereocenters. The lowest BCUT2D eigenvalue weighted by Crippen LogP contribution is -2.41. The smallest absolute Gasteiger partial charge is 0.258 e. The molecule has 3 rings (SSSR count). The Kier molecular flexibility index (Phi) is 7.58. The molecule has 1 heterocycles. The first kappa shape index (κ1) is 20.0. The van der Waals surface area contributed by atoms with E-state index in [1.807, 2.05) is 42.5 Å². The molecular weight excluding hydrogens is 352 g/mol. The SMILES string of the molecule is CCCCCOc1ccccc1/C=N/NC(=O)C1CC(c2ccccc2)NN1. The number of carbonyl (C=O) groups excluding carboxylic acids is 1. The van der Waals surface area contributed by atoms with Gasteiger partial charge in [0.2, 0.25) is 0 Å². The number of amides is 1. The van der Waals surface area contributed by atoms with Gasteiger partial charge in [-0.2, -0.15) is 5.10 Å². The number of benzene rings is 2. The van der Waals surface area contributed by atoms with E-state index in [0.717, 1.165) is 36.1 Å². The van der Waals surface area contributed by atoms with Crippen LogP contribution in [0.25, 0.3) is 0 Å². The maximum atomic E-state index is 12.4. The molecule has 2 unspecified atom stereocenters. The summed E-state index contributed by atoms with van der Waals surface area (Å²) in [6.07, 6.45) is 5.64. The molecule has 1 aliphatic heterocycles. The fraction of sp³-hybridized carbons (Fsp3) is 0.364. The molecule has 0 aromatic heterocycles. The van der Waals surface area contributed by atoms with Crippen molar-refractivity contribution in [1.82, 2.24) is 16.3 Å². The summed E-state index contributed by atoms with van der Waals surface area (Å²) < 4.78 is 5.83. The molecule has 6 nitrogen and oxygen atoms in total. The second-order valence-electron chi connectivity index (χ2n) is 6.87. The maximum Gasteiger partial charge on any atom is 0.258 e. The zero-order valence-electron chi connectivity index (χ0n) is 16.2. The Morgan fingerprint density at radius 2 is 1.93 bits per heavy atom. The molecular formula is C22H28N4O2. The molecule has 0 saturated carbocycles. The van der Waals surface area contributed by atoms with Crippen LogP contribution in [0.3, 0.4) is 0 Å². The minimum Gasteiger partial charge on any atom is -0.493 e. The zero-order valence-corrected chi connectivity index (χ0v) is 16.2. The Balaban J connectivity index is 1.50. The zero-order chi connectivity index (χ0) is 19.6. The third-order valence-corrected chi connectivity index (χ3v) is 4.72. The molecule has 148 valence electrons. The predicted molar refractivity (Wildman–Crippen MR) is 111 cm³/mol. The fourth-order valence-electron chi connectivity index (χ4n) is 3.13. The van der Waals surface area contributed by atoms with Gasteiger partial charge in [-0.05, 0) is 30.5 Å². The van der Waals surface area contributed by atoms with E-state index < -0.39 is 0 Å². The Morgan fingerprint density at radius 3 is 2.75 bits per heavy atom. The van der Waals surface area contributed by atoms with Crippen molar-refractivity contribution >= 4 is 12.1 Å². The topological polar surface area (TPSA) is 74.8 Å². The van der Waals surface area contributed by atoms with Gasteiger partial charge in [-0.3, -0.25) is 4.79 Å². The van der Waals surface area contributed by atoms with E-state index in [2.05, 4.69) is 40.4 Å². The quantitative estimate of drug-likeness (QED) is 0.354. The van der Waals surface area contributed by atoms with Crippen LogP contribution in [-0.2, 0) is 4.79 Å². The Bertz CT molecular complexity index is 779. The number of para-hydroxylation sites is 1. The van der Waals surface area contributed by atoms with E-state index in [9.17, 15) is 4.79 Å². The molecule has 6 heteroatoms. The van der Waals surface area contributed by atoms with Gasteiger partial charge in [0, 0.05) is 11.6 Å². The van der Waals surface area contributed by atoms with Gasteiger partial charge in [-0.15, -0.1) is 0 Å². The van der Waals surface area contributed by atoms with E-state index >= 15 is 0 Å². The van der Waals surface area contributed by atoms with Gasteiger partial charge in [-0.1, -0.05) is 62.2 Å². The summed E-state index contributed by atoms with van der Waals surface area (Å²) in [4.78, 5) is 12.4. The highest BCUT2D eigenvalue weighted by Crippen LogP contribution is 2.21. The van der Waals surface area contributed by atoms with Crippen molar-refractivity contribution in [1.29, 1.82) is 0 Å². The van der Waals surface area contributed by atoms with Crippen molar-refractivity contribution in [2.24, 2.45) is 5.10 Å². The molecule has 0 aliphatic carbocycles. The van der Waals surface area contributed by atoms with Gasteiger partial charge in [0.05, 0.1) is 12.8 Å². The number of rotatable bonds is 9. The van der Waals surface area contributed by atoms with Gasteiger partial charge >= 0.3 is 0 Å². The molecule has 3 N–H and O–H groups in total. The van der Waals surface area contributed by atoms with E-state index in [-0.39, 0.29) is 18.0 Å². The molecule has 1 saturated heterocycles. The molecule has 0 radical (unpaired) electrons. The maximum absolute atomic E-state index is 12.4. The monoisotopic (exact) mass is 380 g/mol. The lowest BCUT2D eigenvalue weighted by Gasteiger charge is -2.09. The van der Waals surface area contributed by atoms with E-state index in [0.29, 0.717) is 13.0 Å². The first-order valence-electron chi connectivity index (χ1n) is 9.88. The molecule has 2 aromatic carbocycles. The van der Waals surface area contributed by atoms with Gasteiger partial charge < -0.3 is 4.74 Å². The summed E-state index contributed by atoms with van der Waals surface area (Å²) in [7, 11) is 0. The van der Waals surface area contributed by atoms with Crippen LogP contribution in [0.15, 0.2) is 59.7 Å². The lowest BCUT2D eigenvalue weighted by atomic mass is 10.0. The third kappa shape index (κ3) is 5.65. The predicted octanol–water partition coefficient (Wildman–Crippen LogP) is 3.31. The molecule has 1 fully saturated rings. The highest BCUT2D eigenvalue weighted by Gasteiger charge is 2.29. The number of hydrazine groups is 1. The lowest BCUT2D eigenvalue weighted by molar-refractivity contribution is -0.122. The van der Waals surface area contributed by atoms with Crippen LogP contribution in [0.1, 0.15) is 49.8 Å². The summed E-state index contributed by atoms with van der Waals surface area (Å²) in [5.74, 6) is 0.616. The molecule has 0 spiro atoms. The van der Waals surface area contributed by atoms with Gasteiger partial charge in [0.25, 0.3) is 5.91 Å². The van der Waals surface area contributed by atoms with E-state index in [1.165, 1.54) is 0 Å². The fourth-order valence-corrected chi connectivity index (χ4v) is 3.13. The van der Waals surface area contributed by atoms with Crippen molar-refractivity contribution in [2.75, 3.05) is 6.61 Å². The number of nitrogens with one attached hydrogen (secondary N) is 3. The Morgan fingerprint density at radius 1 is 1.14 bits per heavy atom. The van der Waals surface area contributed by atoms with Crippen molar-refractivity contribution in [3.63, 3.8) is 0 Å². The van der Waals surface area contributed by atoms with Crippen LogP contribution in [0, 0.1) is 0 Å².